The van der Waals surface area contributed by atoms with E-state index in [0.717, 1.165) is 5.56 Å². The average Bonchev–Trinajstić information content (AvgIpc) is 2.35. The number of benzene rings is 1. The minimum Gasteiger partial charge on any atom is -0.375 e. The van der Waals surface area contributed by atoms with Gasteiger partial charge in [-0.2, -0.15) is 0 Å². The summed E-state index contributed by atoms with van der Waals surface area (Å²) in [5, 5.41) is 5.96. The van der Waals surface area contributed by atoms with Crippen LogP contribution < -0.4 is 10.6 Å². The molecule has 0 spiro atoms. The highest BCUT2D eigenvalue weighted by Crippen LogP contribution is 2.15. The highest BCUT2D eigenvalue weighted by Gasteiger charge is 2.18. The van der Waals surface area contributed by atoms with Gasteiger partial charge in [0.05, 0.1) is 5.82 Å². The summed E-state index contributed by atoms with van der Waals surface area (Å²) in [7, 11) is 1.77. The molecule has 86 valence electrons. The molecule has 1 atom stereocenters. The van der Waals surface area contributed by atoms with Gasteiger partial charge in [0.1, 0.15) is 6.04 Å². The lowest BCUT2D eigenvalue weighted by molar-refractivity contribution is -0.120. The van der Waals surface area contributed by atoms with Crippen LogP contribution in [0, 0.1) is 0 Å². The molecule has 2 N–H and O–H groups in total. The molecular weight excluding hydrogens is 200 g/mol. The first-order valence-corrected chi connectivity index (χ1v) is 5.40. The molecule has 0 fully saturated rings. The van der Waals surface area contributed by atoms with E-state index in [1.165, 1.54) is 0 Å². The lowest BCUT2D eigenvalue weighted by atomic mass is 10.0. The molecule has 0 bridgehead atoms. The summed E-state index contributed by atoms with van der Waals surface area (Å²) in [5.74, 6) is 0.804. The van der Waals surface area contributed by atoms with Crippen molar-refractivity contribution in [1.82, 2.24) is 10.6 Å². The van der Waals surface area contributed by atoms with Gasteiger partial charge < -0.3 is 10.6 Å². The lowest BCUT2D eigenvalue weighted by Gasteiger charge is -2.19. The van der Waals surface area contributed by atoms with Gasteiger partial charge in [-0.25, -0.2) is 0 Å². The molecule has 1 rings (SSSR count). The number of carbonyl (C=O) groups is 1. The minimum atomic E-state index is -0.314. The van der Waals surface area contributed by atoms with Gasteiger partial charge in [0.2, 0.25) is 0 Å². The Morgan fingerprint density at radius 2 is 2.00 bits per heavy atom. The third-order valence-electron chi connectivity index (χ3n) is 2.42. The van der Waals surface area contributed by atoms with Crippen LogP contribution in [-0.2, 0) is 4.79 Å². The number of hydrogen-bond acceptors (Lipinski definition) is 3. The Morgan fingerprint density at radius 1 is 1.38 bits per heavy atom. The van der Waals surface area contributed by atoms with Crippen LogP contribution in [0.25, 0.3) is 0 Å². The van der Waals surface area contributed by atoms with E-state index >= 15 is 0 Å². The van der Waals surface area contributed by atoms with Gasteiger partial charge in [0.15, 0.2) is 5.78 Å². The van der Waals surface area contributed by atoms with Gasteiger partial charge in [-0.15, -0.1) is 0 Å². The van der Waals surface area contributed by atoms with Crippen LogP contribution in [0.1, 0.15) is 24.9 Å². The Labute approximate surface area is 96.6 Å². The van der Waals surface area contributed by atoms with Crippen LogP contribution >= 0.6 is 0 Å². The van der Waals surface area contributed by atoms with Crippen LogP contribution in [-0.4, -0.2) is 12.8 Å². The molecule has 1 aromatic rings. The fraction of sp³-hybridized carbons (Fsp3) is 0.308. The van der Waals surface area contributed by atoms with Gasteiger partial charge in [0, 0.05) is 13.5 Å². The second-order valence-electron chi connectivity index (χ2n) is 3.54. The first kappa shape index (κ1) is 12.3. The summed E-state index contributed by atoms with van der Waals surface area (Å²) in [5.41, 5.74) is 0.964. The standard InChI is InChI=1S/C13H18N2O/c1-4-12(16)13(15-10(2)14-3)11-8-6-5-7-9-11/h5-9,13-15H,2,4H2,1,3H3/t13-/m1/s1. The summed E-state index contributed by atoms with van der Waals surface area (Å²) in [6, 6.07) is 9.35. The van der Waals surface area contributed by atoms with E-state index in [1.54, 1.807) is 7.05 Å². The number of hydrogen-bond donors (Lipinski definition) is 2. The number of nitrogens with one attached hydrogen (secondary N) is 2. The van der Waals surface area contributed by atoms with Gasteiger partial charge in [-0.3, -0.25) is 4.79 Å². The third kappa shape index (κ3) is 3.12. The van der Waals surface area contributed by atoms with Gasteiger partial charge in [-0.05, 0) is 5.56 Å². The molecule has 0 saturated heterocycles. The molecule has 0 unspecified atom stereocenters. The normalized spacial score (nSPS) is 11.6. The second-order valence-corrected chi connectivity index (χ2v) is 3.54. The van der Waals surface area contributed by atoms with Crippen molar-refractivity contribution in [3.8, 4) is 0 Å². The van der Waals surface area contributed by atoms with Crippen LogP contribution in [0.5, 0.6) is 0 Å². The largest absolute Gasteiger partial charge is 0.375 e. The molecule has 1 aromatic carbocycles. The maximum atomic E-state index is 11.8. The highest BCUT2D eigenvalue weighted by atomic mass is 16.1. The van der Waals surface area contributed by atoms with Crippen LogP contribution in [0.15, 0.2) is 42.7 Å². The van der Waals surface area contributed by atoms with Crippen molar-refractivity contribution in [3.63, 3.8) is 0 Å². The zero-order chi connectivity index (χ0) is 12.0. The van der Waals surface area contributed by atoms with Crippen LogP contribution in [0.2, 0.25) is 0 Å². The predicted octanol–water partition coefficient (Wildman–Crippen LogP) is 1.99. The fourth-order valence-electron chi connectivity index (χ4n) is 1.45. The SMILES string of the molecule is C=C(NC)N[C@@H](C(=O)CC)c1ccccc1. The molecule has 3 nitrogen and oxygen atoms in total. The molecular formula is C13H18N2O. The predicted molar refractivity (Wildman–Crippen MR) is 65.8 cm³/mol. The van der Waals surface area contributed by atoms with Gasteiger partial charge in [-0.1, -0.05) is 43.8 Å². The molecule has 0 heterocycles. The van der Waals surface area contributed by atoms with E-state index in [1.807, 2.05) is 37.3 Å². The molecule has 0 amide bonds. The Kier molecular flexibility index (Phi) is 4.58. The van der Waals surface area contributed by atoms with Gasteiger partial charge in [0.25, 0.3) is 0 Å². The third-order valence-corrected chi connectivity index (χ3v) is 2.42. The van der Waals surface area contributed by atoms with Crippen molar-refractivity contribution in [2.45, 2.75) is 19.4 Å². The summed E-state index contributed by atoms with van der Waals surface area (Å²) >= 11 is 0. The first-order valence-electron chi connectivity index (χ1n) is 5.40. The molecule has 3 heteroatoms. The quantitative estimate of drug-likeness (QED) is 0.767. The van der Waals surface area contributed by atoms with Crippen molar-refractivity contribution in [2.24, 2.45) is 0 Å². The summed E-state index contributed by atoms with van der Waals surface area (Å²) in [4.78, 5) is 11.8. The molecule has 0 radical (unpaired) electrons. The highest BCUT2D eigenvalue weighted by molar-refractivity contribution is 5.85. The smallest absolute Gasteiger partial charge is 0.159 e. The van der Waals surface area contributed by atoms with Crippen molar-refractivity contribution in [2.75, 3.05) is 7.05 Å². The van der Waals surface area contributed by atoms with Gasteiger partial charge >= 0.3 is 0 Å². The summed E-state index contributed by atoms with van der Waals surface area (Å²) in [6.45, 7) is 5.64. The topological polar surface area (TPSA) is 41.1 Å². The lowest BCUT2D eigenvalue weighted by Crippen LogP contribution is -2.31. The molecule has 0 aliphatic rings. The molecule has 0 aliphatic carbocycles. The molecule has 16 heavy (non-hydrogen) atoms. The maximum Gasteiger partial charge on any atom is 0.159 e. The Morgan fingerprint density at radius 3 is 2.50 bits per heavy atom. The number of ketones is 1. The number of Topliss-reactive ketones (excluding diaryl/α,β-unsaturated/α-hetero) is 1. The summed E-state index contributed by atoms with van der Waals surface area (Å²) < 4.78 is 0. The minimum absolute atomic E-state index is 0.155. The second kappa shape index (κ2) is 5.95. The van der Waals surface area contributed by atoms with E-state index in [4.69, 9.17) is 0 Å². The fourth-order valence-corrected chi connectivity index (χ4v) is 1.45. The van der Waals surface area contributed by atoms with E-state index in [0.29, 0.717) is 12.2 Å². The van der Waals surface area contributed by atoms with Crippen molar-refractivity contribution < 1.29 is 4.79 Å². The van der Waals surface area contributed by atoms with Crippen LogP contribution in [0.4, 0.5) is 0 Å². The molecule has 0 aromatic heterocycles. The Bertz CT molecular complexity index is 359. The maximum absolute atomic E-state index is 11.8. The monoisotopic (exact) mass is 218 g/mol. The Hall–Kier alpha value is -1.77. The zero-order valence-electron chi connectivity index (χ0n) is 9.79. The zero-order valence-corrected chi connectivity index (χ0v) is 9.79. The van der Waals surface area contributed by atoms with E-state index in [9.17, 15) is 4.79 Å². The van der Waals surface area contributed by atoms with E-state index in [-0.39, 0.29) is 11.8 Å². The van der Waals surface area contributed by atoms with Crippen molar-refractivity contribution >= 4 is 5.78 Å². The molecule has 0 saturated carbocycles. The van der Waals surface area contributed by atoms with Crippen molar-refractivity contribution in [3.05, 3.63) is 48.3 Å². The average molecular weight is 218 g/mol. The number of rotatable bonds is 6. The Balaban J connectivity index is 2.88. The van der Waals surface area contributed by atoms with Crippen LogP contribution in [0.3, 0.4) is 0 Å². The first-order chi connectivity index (χ1) is 7.69. The van der Waals surface area contributed by atoms with E-state index in [2.05, 4.69) is 17.2 Å². The van der Waals surface area contributed by atoms with E-state index < -0.39 is 0 Å². The van der Waals surface area contributed by atoms with Crippen molar-refractivity contribution in [1.29, 1.82) is 0 Å². The molecule has 0 aliphatic heterocycles. The summed E-state index contributed by atoms with van der Waals surface area (Å²) in [6.07, 6.45) is 0.504. The number of carbonyl (C=O) groups excluding carboxylic acids is 1.